The molecule has 0 saturated heterocycles. The van der Waals surface area contributed by atoms with Crippen molar-refractivity contribution in [3.05, 3.63) is 48.3 Å². The lowest BCUT2D eigenvalue weighted by Crippen LogP contribution is -2.31. The van der Waals surface area contributed by atoms with Crippen molar-refractivity contribution in [3.8, 4) is 5.69 Å². The smallest absolute Gasteiger partial charge is 0.167 e. The first-order valence-electron chi connectivity index (χ1n) is 5.23. The van der Waals surface area contributed by atoms with Crippen LogP contribution in [0.2, 0.25) is 0 Å². The first-order chi connectivity index (χ1) is 7.07. The minimum atomic E-state index is 0.198. The molecule has 78 valence electrons. The maximum Gasteiger partial charge on any atom is 0.235 e. The fourth-order valence-electron chi connectivity index (χ4n) is 1.58. The summed E-state index contributed by atoms with van der Waals surface area (Å²) in [4.78, 5) is 0. The van der Waals surface area contributed by atoms with E-state index in [9.17, 15) is 0 Å². The van der Waals surface area contributed by atoms with Crippen molar-refractivity contribution in [1.29, 1.82) is 0 Å². The maximum atomic E-state index is 3.15. The van der Waals surface area contributed by atoms with Crippen molar-refractivity contribution in [2.45, 2.75) is 26.2 Å². The molecule has 0 saturated carbocycles. The molecule has 0 bridgehead atoms. The third-order valence-electron chi connectivity index (χ3n) is 2.54. The molecule has 0 spiro atoms. The molecule has 1 heterocycles. The zero-order valence-corrected chi connectivity index (χ0v) is 9.49. The number of aromatic nitrogens is 2. The highest BCUT2D eigenvalue weighted by molar-refractivity contribution is 5.32. The summed E-state index contributed by atoms with van der Waals surface area (Å²) in [5, 5.41) is 3.15. The molecule has 2 nitrogen and oxygen atoms in total. The third-order valence-corrected chi connectivity index (χ3v) is 2.54. The number of rotatable bonds is 1. The second-order valence-corrected chi connectivity index (χ2v) is 4.81. The molecule has 2 aromatic rings. The highest BCUT2D eigenvalue weighted by Crippen LogP contribution is 2.22. The van der Waals surface area contributed by atoms with E-state index in [0.29, 0.717) is 0 Å². The van der Waals surface area contributed by atoms with E-state index in [-0.39, 0.29) is 5.41 Å². The van der Waals surface area contributed by atoms with E-state index in [0.717, 1.165) is 0 Å². The van der Waals surface area contributed by atoms with Gasteiger partial charge in [-0.1, -0.05) is 37.6 Å². The van der Waals surface area contributed by atoms with Crippen LogP contribution in [0.3, 0.4) is 0 Å². The molecule has 1 aromatic heterocycles. The highest BCUT2D eigenvalue weighted by Gasteiger charge is 2.16. The van der Waals surface area contributed by atoms with Crippen LogP contribution in [0.25, 0.3) is 5.69 Å². The van der Waals surface area contributed by atoms with Gasteiger partial charge in [0.05, 0.1) is 6.20 Å². The first kappa shape index (κ1) is 9.97. The van der Waals surface area contributed by atoms with E-state index in [1.54, 1.807) is 0 Å². The summed E-state index contributed by atoms with van der Waals surface area (Å²) in [6.07, 6.45) is 3.94. The van der Waals surface area contributed by atoms with Gasteiger partial charge in [0, 0.05) is 18.2 Å². The molecule has 0 unspecified atom stereocenters. The van der Waals surface area contributed by atoms with Gasteiger partial charge in [-0.3, -0.25) is 0 Å². The summed E-state index contributed by atoms with van der Waals surface area (Å²) in [6, 6.07) is 10.6. The lowest BCUT2D eigenvalue weighted by atomic mass is 9.87. The average molecular weight is 201 g/mol. The number of aromatic amines is 1. The van der Waals surface area contributed by atoms with Gasteiger partial charge in [0.15, 0.2) is 0 Å². The molecule has 0 aliphatic rings. The minimum absolute atomic E-state index is 0.198. The fraction of sp³-hybridized carbons (Fsp3) is 0.308. The summed E-state index contributed by atoms with van der Waals surface area (Å²) < 4.78 is 2.01. The van der Waals surface area contributed by atoms with Crippen LogP contribution in [0.15, 0.2) is 42.7 Å². The molecule has 0 amide bonds. The van der Waals surface area contributed by atoms with Crippen LogP contribution in [-0.2, 0) is 5.41 Å². The molecule has 0 fully saturated rings. The number of nitrogens with one attached hydrogen (secondary N) is 1. The number of H-pyrrole nitrogens is 1. The van der Waals surface area contributed by atoms with Crippen LogP contribution < -0.4 is 4.68 Å². The second-order valence-electron chi connectivity index (χ2n) is 4.81. The van der Waals surface area contributed by atoms with Gasteiger partial charge in [0.25, 0.3) is 0 Å². The molecule has 2 rings (SSSR count). The molecule has 15 heavy (non-hydrogen) atoms. The van der Waals surface area contributed by atoms with Gasteiger partial charge in [-0.15, -0.1) is 0 Å². The van der Waals surface area contributed by atoms with E-state index in [2.05, 4.69) is 50.1 Å². The van der Waals surface area contributed by atoms with E-state index >= 15 is 0 Å². The van der Waals surface area contributed by atoms with Crippen molar-refractivity contribution < 1.29 is 4.68 Å². The Balaban J connectivity index is 2.44. The van der Waals surface area contributed by atoms with E-state index in [1.165, 1.54) is 11.3 Å². The van der Waals surface area contributed by atoms with Crippen LogP contribution in [0.5, 0.6) is 0 Å². The zero-order chi connectivity index (χ0) is 10.9. The molecular formula is C13H17N2+. The quantitative estimate of drug-likeness (QED) is 0.684. The number of hydrogen-bond acceptors (Lipinski definition) is 0. The lowest BCUT2D eigenvalue weighted by molar-refractivity contribution is -0.655. The Hall–Kier alpha value is -1.57. The van der Waals surface area contributed by atoms with Crippen molar-refractivity contribution in [2.24, 2.45) is 0 Å². The Bertz CT molecular complexity index is 436. The second kappa shape index (κ2) is 3.54. The normalized spacial score (nSPS) is 11.7. The third kappa shape index (κ3) is 2.09. The molecule has 1 N–H and O–H groups in total. The van der Waals surface area contributed by atoms with E-state index in [4.69, 9.17) is 0 Å². The van der Waals surface area contributed by atoms with Crippen molar-refractivity contribution in [1.82, 2.24) is 5.10 Å². The van der Waals surface area contributed by atoms with Gasteiger partial charge in [-0.25, -0.2) is 0 Å². The van der Waals surface area contributed by atoms with Crippen LogP contribution in [0.1, 0.15) is 26.3 Å². The number of benzene rings is 1. The minimum Gasteiger partial charge on any atom is -0.167 e. The summed E-state index contributed by atoms with van der Waals surface area (Å²) in [7, 11) is 0. The number of hydrogen-bond donors (Lipinski definition) is 1. The van der Waals surface area contributed by atoms with Crippen LogP contribution >= 0.6 is 0 Å². The van der Waals surface area contributed by atoms with Crippen LogP contribution in [0.4, 0.5) is 0 Å². The fourth-order valence-corrected chi connectivity index (χ4v) is 1.58. The van der Waals surface area contributed by atoms with Crippen molar-refractivity contribution in [3.63, 3.8) is 0 Å². The Morgan fingerprint density at radius 3 is 2.53 bits per heavy atom. The number of nitrogens with zero attached hydrogens (tertiary/aromatic N) is 1. The Morgan fingerprint density at radius 2 is 1.93 bits per heavy atom. The topological polar surface area (TPSA) is 19.7 Å². The highest BCUT2D eigenvalue weighted by atomic mass is 15.3. The largest absolute Gasteiger partial charge is 0.235 e. The predicted molar refractivity (Wildman–Crippen MR) is 61.0 cm³/mol. The molecular weight excluding hydrogens is 184 g/mol. The molecule has 0 radical (unpaired) electrons. The monoisotopic (exact) mass is 201 g/mol. The van der Waals surface area contributed by atoms with Crippen LogP contribution in [0, 0.1) is 0 Å². The summed E-state index contributed by atoms with van der Waals surface area (Å²) in [5.41, 5.74) is 2.72. The molecule has 0 aliphatic heterocycles. The van der Waals surface area contributed by atoms with Gasteiger partial charge in [-0.2, -0.15) is 5.10 Å². The zero-order valence-electron chi connectivity index (χ0n) is 9.49. The maximum absolute atomic E-state index is 3.15. The SMILES string of the molecule is CC(C)(C)c1cccc(-[n+]2ccc[nH]2)c1. The Labute approximate surface area is 90.6 Å². The summed E-state index contributed by atoms with van der Waals surface area (Å²) in [6.45, 7) is 6.68. The standard InChI is InChI=1S/C13H16N2/c1-13(2,3)11-6-4-7-12(10-11)15-9-5-8-14-15/h4-10H,1-3H3/p+1. The molecule has 0 aliphatic carbocycles. The van der Waals surface area contributed by atoms with Gasteiger partial charge in [-0.05, 0) is 11.0 Å². The summed E-state index contributed by atoms with van der Waals surface area (Å²) >= 11 is 0. The van der Waals surface area contributed by atoms with Crippen molar-refractivity contribution in [2.75, 3.05) is 0 Å². The first-order valence-corrected chi connectivity index (χ1v) is 5.23. The van der Waals surface area contributed by atoms with Gasteiger partial charge in [0.1, 0.15) is 0 Å². The van der Waals surface area contributed by atoms with Gasteiger partial charge in [0.2, 0.25) is 11.9 Å². The molecule has 1 aromatic carbocycles. The Kier molecular flexibility index (Phi) is 2.35. The predicted octanol–water partition coefficient (Wildman–Crippen LogP) is 2.59. The average Bonchev–Trinajstić information content (AvgIpc) is 2.69. The van der Waals surface area contributed by atoms with Gasteiger partial charge >= 0.3 is 0 Å². The summed E-state index contributed by atoms with van der Waals surface area (Å²) in [5.74, 6) is 0. The van der Waals surface area contributed by atoms with E-state index in [1.807, 2.05) is 23.1 Å². The van der Waals surface area contributed by atoms with Crippen molar-refractivity contribution >= 4 is 0 Å². The van der Waals surface area contributed by atoms with Crippen LogP contribution in [-0.4, -0.2) is 5.10 Å². The lowest BCUT2D eigenvalue weighted by Gasteiger charge is -2.18. The molecule has 2 heteroatoms. The van der Waals surface area contributed by atoms with E-state index < -0.39 is 0 Å². The molecule has 0 atom stereocenters. The Morgan fingerprint density at radius 1 is 1.13 bits per heavy atom. The van der Waals surface area contributed by atoms with Gasteiger partial charge < -0.3 is 0 Å².